The fraction of sp³-hybridized carbons (Fsp3) is 0.643. The highest BCUT2D eigenvalue weighted by atomic mass is 32.2. The molecule has 2 rings (SSSR count). The second kappa shape index (κ2) is 6.46. The van der Waals surface area contributed by atoms with Crippen LogP contribution in [0.15, 0.2) is 11.4 Å². The third kappa shape index (κ3) is 4.05. The van der Waals surface area contributed by atoms with Crippen molar-refractivity contribution >= 4 is 27.1 Å². The van der Waals surface area contributed by atoms with E-state index in [1.54, 1.807) is 6.07 Å². The van der Waals surface area contributed by atoms with Crippen molar-refractivity contribution in [1.29, 1.82) is 0 Å². The molecule has 1 aliphatic rings. The number of carboxylic acid groups (broad SMARTS) is 1. The van der Waals surface area contributed by atoms with Gasteiger partial charge in [-0.25, -0.2) is 13.2 Å². The third-order valence-electron chi connectivity index (χ3n) is 4.08. The summed E-state index contributed by atoms with van der Waals surface area (Å²) in [4.78, 5) is 13.3. The topological polar surface area (TPSA) is 74.7 Å². The van der Waals surface area contributed by atoms with Crippen LogP contribution in [0.2, 0.25) is 0 Å². The summed E-state index contributed by atoms with van der Waals surface area (Å²) in [6, 6.07) is 1.68. The summed E-state index contributed by atoms with van der Waals surface area (Å²) in [7, 11) is -1.13. The van der Waals surface area contributed by atoms with Gasteiger partial charge in [0.25, 0.3) is 0 Å². The Morgan fingerprint density at radius 2 is 2.10 bits per heavy atom. The van der Waals surface area contributed by atoms with Crippen molar-refractivity contribution in [2.75, 3.05) is 13.3 Å². The zero-order valence-corrected chi connectivity index (χ0v) is 13.9. The van der Waals surface area contributed by atoms with Gasteiger partial charge in [0.15, 0.2) is 9.84 Å². The minimum absolute atomic E-state index is 0.0157. The molecule has 1 aliphatic carbocycles. The van der Waals surface area contributed by atoms with E-state index in [0.29, 0.717) is 11.4 Å². The zero-order chi connectivity index (χ0) is 15.6. The molecule has 0 bridgehead atoms. The number of hydrogen-bond acceptors (Lipinski definition) is 5. The lowest BCUT2D eigenvalue weighted by atomic mass is 9.93. The molecule has 0 aliphatic heterocycles. The van der Waals surface area contributed by atoms with Gasteiger partial charge in [-0.05, 0) is 36.9 Å². The molecule has 1 saturated carbocycles. The maximum absolute atomic E-state index is 11.9. The fourth-order valence-corrected chi connectivity index (χ4v) is 5.31. The van der Waals surface area contributed by atoms with Gasteiger partial charge in [0.05, 0.1) is 5.25 Å². The summed E-state index contributed by atoms with van der Waals surface area (Å²) in [5.74, 6) is -0.916. The summed E-state index contributed by atoms with van der Waals surface area (Å²) in [5.41, 5.74) is 0.928. The van der Waals surface area contributed by atoms with Crippen LogP contribution >= 0.6 is 11.3 Å². The molecule has 1 aromatic rings. The van der Waals surface area contributed by atoms with E-state index < -0.39 is 15.8 Å². The van der Waals surface area contributed by atoms with Crippen LogP contribution in [0.4, 0.5) is 0 Å². The zero-order valence-electron chi connectivity index (χ0n) is 12.3. The van der Waals surface area contributed by atoms with E-state index in [2.05, 4.69) is 4.90 Å². The number of sulfone groups is 1. The number of carbonyl (C=O) groups is 1. The second-order valence-corrected chi connectivity index (χ2v) is 8.94. The molecule has 0 spiro atoms. The van der Waals surface area contributed by atoms with Gasteiger partial charge in [-0.2, -0.15) is 0 Å². The molecule has 1 N–H and O–H groups in total. The van der Waals surface area contributed by atoms with E-state index >= 15 is 0 Å². The van der Waals surface area contributed by atoms with Crippen molar-refractivity contribution in [2.24, 2.45) is 0 Å². The number of rotatable bonds is 5. The van der Waals surface area contributed by atoms with Crippen molar-refractivity contribution in [3.05, 3.63) is 21.9 Å². The molecule has 7 heteroatoms. The van der Waals surface area contributed by atoms with Crippen LogP contribution in [-0.2, 0) is 16.4 Å². The first-order valence-electron chi connectivity index (χ1n) is 6.99. The van der Waals surface area contributed by atoms with Gasteiger partial charge in [-0.15, -0.1) is 11.3 Å². The summed E-state index contributed by atoms with van der Waals surface area (Å²) in [6.07, 6.45) is 4.92. The molecular formula is C14H21NO4S2. The van der Waals surface area contributed by atoms with Crippen LogP contribution < -0.4 is 0 Å². The average molecular weight is 331 g/mol. The van der Waals surface area contributed by atoms with E-state index in [-0.39, 0.29) is 11.3 Å². The van der Waals surface area contributed by atoms with Gasteiger partial charge in [0.1, 0.15) is 4.88 Å². The highest BCUT2D eigenvalue weighted by Crippen LogP contribution is 2.28. The van der Waals surface area contributed by atoms with Gasteiger partial charge >= 0.3 is 5.97 Å². The van der Waals surface area contributed by atoms with Gasteiger partial charge < -0.3 is 5.11 Å². The number of carboxylic acids is 1. The molecule has 0 aromatic carbocycles. The van der Waals surface area contributed by atoms with Crippen LogP contribution in [-0.4, -0.2) is 49.0 Å². The minimum atomic E-state index is -3.05. The number of aromatic carboxylic acids is 1. The second-order valence-electron chi connectivity index (χ2n) is 5.76. The predicted molar refractivity (Wildman–Crippen MR) is 83.6 cm³/mol. The summed E-state index contributed by atoms with van der Waals surface area (Å²) in [6.45, 7) is 0.584. The molecule has 0 radical (unpaired) electrons. The van der Waals surface area contributed by atoms with Gasteiger partial charge in [0.2, 0.25) is 0 Å². The standard InChI is InChI=1S/C14H21NO4S2/c1-15(8-10-7-12(14(16)17)20-9-10)11-5-3-4-6-13(11)21(2,18)19/h7,9,11,13H,3-6,8H2,1-2H3,(H,16,17). The van der Waals surface area contributed by atoms with Crippen LogP contribution in [0.1, 0.15) is 40.9 Å². The van der Waals surface area contributed by atoms with E-state index in [4.69, 9.17) is 5.11 Å². The fourth-order valence-electron chi connectivity index (χ4n) is 3.06. The van der Waals surface area contributed by atoms with Gasteiger partial charge in [-0.1, -0.05) is 12.8 Å². The lowest BCUT2D eigenvalue weighted by molar-refractivity contribution is 0.0702. The molecule has 2 unspecified atom stereocenters. The SMILES string of the molecule is CN(Cc1csc(C(=O)O)c1)C1CCCCC1S(C)(=O)=O. The third-order valence-corrected chi connectivity index (χ3v) is 6.70. The Morgan fingerprint density at radius 3 is 2.67 bits per heavy atom. The minimum Gasteiger partial charge on any atom is -0.477 e. The Kier molecular flexibility index (Phi) is 5.06. The van der Waals surface area contributed by atoms with Crippen molar-refractivity contribution in [3.63, 3.8) is 0 Å². The number of nitrogens with zero attached hydrogens (tertiary/aromatic N) is 1. The Morgan fingerprint density at radius 1 is 1.43 bits per heavy atom. The largest absolute Gasteiger partial charge is 0.477 e. The first-order valence-corrected chi connectivity index (χ1v) is 9.82. The van der Waals surface area contributed by atoms with Crippen LogP contribution in [0, 0.1) is 0 Å². The summed E-state index contributed by atoms with van der Waals surface area (Å²) in [5, 5.41) is 10.5. The maximum atomic E-state index is 11.9. The average Bonchev–Trinajstić information content (AvgIpc) is 2.86. The van der Waals surface area contributed by atoms with Crippen molar-refractivity contribution < 1.29 is 18.3 Å². The van der Waals surface area contributed by atoms with E-state index in [0.717, 1.165) is 31.2 Å². The Balaban J connectivity index is 2.10. The molecular weight excluding hydrogens is 310 g/mol. The molecule has 0 amide bonds. The summed E-state index contributed by atoms with van der Waals surface area (Å²) < 4.78 is 23.9. The highest BCUT2D eigenvalue weighted by Gasteiger charge is 2.35. The molecule has 2 atom stereocenters. The van der Waals surface area contributed by atoms with Crippen LogP contribution in [0.25, 0.3) is 0 Å². The van der Waals surface area contributed by atoms with E-state index in [1.165, 1.54) is 17.6 Å². The molecule has 5 nitrogen and oxygen atoms in total. The van der Waals surface area contributed by atoms with Crippen molar-refractivity contribution in [2.45, 2.75) is 43.5 Å². The lowest BCUT2D eigenvalue weighted by Crippen LogP contribution is -2.46. The maximum Gasteiger partial charge on any atom is 0.345 e. The first-order chi connectivity index (χ1) is 9.79. The van der Waals surface area contributed by atoms with E-state index in [9.17, 15) is 13.2 Å². The van der Waals surface area contributed by atoms with Crippen molar-refractivity contribution in [1.82, 2.24) is 4.90 Å². The molecule has 1 aromatic heterocycles. The molecule has 118 valence electrons. The van der Waals surface area contributed by atoms with E-state index in [1.807, 2.05) is 12.4 Å². The Labute approximate surface area is 129 Å². The van der Waals surface area contributed by atoms with Crippen LogP contribution in [0.5, 0.6) is 0 Å². The number of hydrogen-bond donors (Lipinski definition) is 1. The molecule has 1 heterocycles. The first kappa shape index (κ1) is 16.5. The number of thiophene rings is 1. The van der Waals surface area contributed by atoms with Crippen LogP contribution in [0.3, 0.4) is 0 Å². The molecule has 0 saturated heterocycles. The van der Waals surface area contributed by atoms with Crippen molar-refractivity contribution in [3.8, 4) is 0 Å². The van der Waals surface area contributed by atoms with Gasteiger partial charge in [0, 0.05) is 18.8 Å². The summed E-state index contributed by atoms with van der Waals surface area (Å²) >= 11 is 1.21. The lowest BCUT2D eigenvalue weighted by Gasteiger charge is -2.36. The quantitative estimate of drug-likeness (QED) is 0.895. The Bertz CT molecular complexity index is 608. The monoisotopic (exact) mass is 331 g/mol. The van der Waals surface area contributed by atoms with Gasteiger partial charge in [-0.3, -0.25) is 4.90 Å². The smallest absolute Gasteiger partial charge is 0.345 e. The molecule has 1 fully saturated rings. The highest BCUT2D eigenvalue weighted by molar-refractivity contribution is 7.91. The Hall–Kier alpha value is -0.920. The predicted octanol–water partition coefficient (Wildman–Crippen LogP) is 2.23. The molecule has 21 heavy (non-hydrogen) atoms. The normalized spacial score (nSPS) is 23.4.